The molecule has 0 saturated heterocycles. The predicted molar refractivity (Wildman–Crippen MR) is 109 cm³/mol. The maximum atomic E-state index is 14.2. The zero-order chi connectivity index (χ0) is 21.2. The van der Waals surface area contributed by atoms with Crippen LogP contribution in [-0.2, 0) is 16.4 Å². The first-order valence-electron chi connectivity index (χ1n) is 8.65. The normalized spacial score (nSPS) is 11.4. The standard InChI is InChI=1S/C18H20FN5O3S2/c1-11-9-21-24(10-11)7-6-20-17(25)23-18-22-12(2)16(28-18)13-4-5-15(14(19)8-13)29(3,26)27/h4-5,8-10H,6-7H2,1-3H3,(H2,20,22,23,25). The molecule has 0 fully saturated rings. The lowest BCUT2D eigenvalue weighted by Gasteiger charge is -2.05. The second-order valence-electron chi connectivity index (χ2n) is 6.51. The largest absolute Gasteiger partial charge is 0.336 e. The maximum absolute atomic E-state index is 14.2. The van der Waals surface area contributed by atoms with Crippen LogP contribution in [0.1, 0.15) is 11.3 Å². The quantitative estimate of drug-likeness (QED) is 0.617. The van der Waals surface area contributed by atoms with Crippen molar-refractivity contribution in [2.24, 2.45) is 0 Å². The Hall–Kier alpha value is -2.79. The number of sulfone groups is 1. The van der Waals surface area contributed by atoms with E-state index < -0.39 is 21.7 Å². The van der Waals surface area contributed by atoms with Crippen LogP contribution in [0.3, 0.4) is 0 Å². The Morgan fingerprint density at radius 2 is 2.07 bits per heavy atom. The summed E-state index contributed by atoms with van der Waals surface area (Å²) >= 11 is 1.18. The molecule has 0 radical (unpaired) electrons. The Kier molecular flexibility index (Phi) is 5.99. The van der Waals surface area contributed by atoms with Crippen molar-refractivity contribution in [3.63, 3.8) is 0 Å². The van der Waals surface area contributed by atoms with Gasteiger partial charge in [-0.1, -0.05) is 17.4 Å². The van der Waals surface area contributed by atoms with Gasteiger partial charge in [-0.3, -0.25) is 10.00 Å². The highest BCUT2D eigenvalue weighted by Crippen LogP contribution is 2.34. The minimum Gasteiger partial charge on any atom is -0.336 e. The SMILES string of the molecule is Cc1cnn(CCNC(=O)Nc2nc(C)c(-c3ccc(S(C)(=O)=O)c(F)c3)s2)c1. The fraction of sp³-hybridized carbons (Fsp3) is 0.278. The molecule has 29 heavy (non-hydrogen) atoms. The van der Waals surface area contributed by atoms with Crippen molar-refractivity contribution in [1.29, 1.82) is 0 Å². The summed E-state index contributed by atoms with van der Waals surface area (Å²) in [5, 5.41) is 9.87. The Balaban J connectivity index is 1.65. The Bertz CT molecular complexity index is 1150. The van der Waals surface area contributed by atoms with E-state index in [0.29, 0.717) is 34.4 Å². The number of aryl methyl sites for hydroxylation is 2. The first-order valence-corrected chi connectivity index (χ1v) is 11.4. The van der Waals surface area contributed by atoms with Gasteiger partial charge in [0.1, 0.15) is 10.7 Å². The van der Waals surface area contributed by atoms with Crippen LogP contribution in [0.5, 0.6) is 0 Å². The molecule has 0 bridgehead atoms. The molecule has 0 saturated carbocycles. The third-order valence-corrected chi connectivity index (χ3v) is 6.25. The molecule has 11 heteroatoms. The number of amides is 2. The zero-order valence-corrected chi connectivity index (χ0v) is 17.7. The van der Waals surface area contributed by atoms with Gasteiger partial charge >= 0.3 is 6.03 Å². The van der Waals surface area contributed by atoms with E-state index in [4.69, 9.17) is 0 Å². The Morgan fingerprint density at radius 3 is 2.69 bits per heavy atom. The highest BCUT2D eigenvalue weighted by atomic mass is 32.2. The lowest BCUT2D eigenvalue weighted by Crippen LogP contribution is -2.31. The van der Waals surface area contributed by atoms with Crippen molar-refractivity contribution >= 4 is 32.3 Å². The molecule has 0 unspecified atom stereocenters. The minimum atomic E-state index is -3.64. The summed E-state index contributed by atoms with van der Waals surface area (Å²) in [6.07, 6.45) is 4.58. The molecule has 3 rings (SSSR count). The van der Waals surface area contributed by atoms with Crippen molar-refractivity contribution < 1.29 is 17.6 Å². The van der Waals surface area contributed by atoms with Gasteiger partial charge in [0.25, 0.3) is 0 Å². The molecule has 0 atom stereocenters. The van der Waals surface area contributed by atoms with Gasteiger partial charge < -0.3 is 5.32 Å². The smallest absolute Gasteiger partial charge is 0.321 e. The van der Waals surface area contributed by atoms with Gasteiger partial charge in [0, 0.05) is 19.0 Å². The summed E-state index contributed by atoms with van der Waals surface area (Å²) in [4.78, 5) is 16.6. The summed E-state index contributed by atoms with van der Waals surface area (Å²) in [6, 6.07) is 3.51. The Labute approximate surface area is 171 Å². The van der Waals surface area contributed by atoms with Gasteiger partial charge in [-0.15, -0.1) is 0 Å². The van der Waals surface area contributed by atoms with Gasteiger partial charge in [-0.25, -0.2) is 22.6 Å². The van der Waals surface area contributed by atoms with Gasteiger partial charge in [0.05, 0.1) is 23.3 Å². The van der Waals surface area contributed by atoms with Gasteiger partial charge in [0.15, 0.2) is 15.0 Å². The number of carbonyl (C=O) groups is 1. The van der Waals surface area contributed by atoms with E-state index in [1.54, 1.807) is 17.8 Å². The van der Waals surface area contributed by atoms with Crippen LogP contribution < -0.4 is 10.6 Å². The number of benzene rings is 1. The highest BCUT2D eigenvalue weighted by molar-refractivity contribution is 7.90. The van der Waals surface area contributed by atoms with Crippen LogP contribution in [-0.4, -0.2) is 42.0 Å². The number of hydrogen-bond acceptors (Lipinski definition) is 6. The lowest BCUT2D eigenvalue weighted by molar-refractivity contribution is 0.251. The number of rotatable bonds is 6. The van der Waals surface area contributed by atoms with Crippen LogP contribution in [0.2, 0.25) is 0 Å². The van der Waals surface area contributed by atoms with E-state index in [9.17, 15) is 17.6 Å². The number of aromatic nitrogens is 3. The Morgan fingerprint density at radius 1 is 1.31 bits per heavy atom. The summed E-state index contributed by atoms with van der Waals surface area (Å²) in [7, 11) is -3.64. The highest BCUT2D eigenvalue weighted by Gasteiger charge is 2.17. The molecule has 154 valence electrons. The van der Waals surface area contributed by atoms with E-state index in [1.165, 1.54) is 23.5 Å². The van der Waals surface area contributed by atoms with Crippen LogP contribution >= 0.6 is 11.3 Å². The molecule has 0 aliphatic heterocycles. The summed E-state index contributed by atoms with van der Waals surface area (Å²) in [6.45, 7) is 4.60. The number of halogens is 1. The van der Waals surface area contributed by atoms with E-state index in [1.807, 2.05) is 13.1 Å². The zero-order valence-electron chi connectivity index (χ0n) is 16.1. The number of carbonyl (C=O) groups excluding carboxylic acids is 1. The van der Waals surface area contributed by atoms with Crippen molar-refractivity contribution in [2.75, 3.05) is 18.1 Å². The first-order chi connectivity index (χ1) is 13.6. The van der Waals surface area contributed by atoms with Gasteiger partial charge in [0.2, 0.25) is 0 Å². The molecule has 2 N–H and O–H groups in total. The fourth-order valence-electron chi connectivity index (χ4n) is 2.68. The number of nitrogens with one attached hydrogen (secondary N) is 2. The summed E-state index contributed by atoms with van der Waals surface area (Å²) in [5.74, 6) is -0.820. The first kappa shape index (κ1) is 20.9. The van der Waals surface area contributed by atoms with Crippen molar-refractivity contribution in [1.82, 2.24) is 20.1 Å². The van der Waals surface area contributed by atoms with Gasteiger partial charge in [-0.05, 0) is 37.1 Å². The second kappa shape index (κ2) is 8.29. The van der Waals surface area contributed by atoms with Crippen LogP contribution in [0, 0.1) is 19.7 Å². The predicted octanol–water partition coefficient (Wildman–Crippen LogP) is 2.99. The van der Waals surface area contributed by atoms with E-state index in [0.717, 1.165) is 17.9 Å². The second-order valence-corrected chi connectivity index (χ2v) is 9.50. The van der Waals surface area contributed by atoms with E-state index in [2.05, 4.69) is 20.7 Å². The third kappa shape index (κ3) is 5.18. The van der Waals surface area contributed by atoms with Crippen molar-refractivity contribution in [2.45, 2.75) is 25.3 Å². The molecule has 0 spiro atoms. The third-order valence-electron chi connectivity index (χ3n) is 4.00. The number of thiazole rings is 1. The maximum Gasteiger partial charge on any atom is 0.321 e. The molecule has 2 amide bonds. The number of anilines is 1. The topological polar surface area (TPSA) is 106 Å². The number of urea groups is 1. The molecule has 1 aromatic carbocycles. The molecule has 3 aromatic rings. The molecular formula is C18H20FN5O3S2. The average Bonchev–Trinajstić information content (AvgIpc) is 3.19. The molecule has 8 nitrogen and oxygen atoms in total. The number of nitrogens with zero attached hydrogens (tertiary/aromatic N) is 3. The van der Waals surface area contributed by atoms with Gasteiger partial charge in [-0.2, -0.15) is 5.10 Å². The van der Waals surface area contributed by atoms with E-state index >= 15 is 0 Å². The summed E-state index contributed by atoms with van der Waals surface area (Å²) in [5.41, 5.74) is 2.14. The lowest BCUT2D eigenvalue weighted by atomic mass is 10.1. The van der Waals surface area contributed by atoms with Crippen molar-refractivity contribution in [3.8, 4) is 10.4 Å². The van der Waals surface area contributed by atoms with Crippen LogP contribution in [0.15, 0.2) is 35.5 Å². The molecule has 0 aliphatic carbocycles. The summed E-state index contributed by atoms with van der Waals surface area (Å²) < 4.78 is 39.0. The minimum absolute atomic E-state index is 0.353. The molecule has 0 aliphatic rings. The molecule has 2 aromatic heterocycles. The average molecular weight is 438 g/mol. The van der Waals surface area contributed by atoms with Crippen LogP contribution in [0.25, 0.3) is 10.4 Å². The monoisotopic (exact) mass is 437 g/mol. The molecule has 2 heterocycles. The fourth-order valence-corrected chi connectivity index (χ4v) is 4.36. The van der Waals surface area contributed by atoms with Crippen molar-refractivity contribution in [3.05, 3.63) is 47.7 Å². The van der Waals surface area contributed by atoms with E-state index in [-0.39, 0.29) is 4.90 Å². The van der Waals surface area contributed by atoms with Crippen LogP contribution in [0.4, 0.5) is 14.3 Å². The number of hydrogen-bond donors (Lipinski definition) is 2. The molecular weight excluding hydrogens is 417 g/mol.